The zero-order valence-corrected chi connectivity index (χ0v) is 25.3. The first-order valence-corrected chi connectivity index (χ1v) is 17.4. The Morgan fingerprint density at radius 2 is 1.13 bits per heavy atom. The number of hydrogen-bond donors (Lipinski definition) is 1. The SMILES string of the molecule is COc1ccc(C(O)(c2ccc(CS(=O)(=O)CCO[Si](C)(C)C(C)(C)C)cc2)c2ccc(OC)cc2)cc1. The maximum Gasteiger partial charge on any atom is 0.192 e. The molecule has 38 heavy (non-hydrogen) atoms. The molecule has 3 aromatic rings. The van der Waals surface area contributed by atoms with Gasteiger partial charge in [-0.1, -0.05) is 69.3 Å². The van der Waals surface area contributed by atoms with Crippen molar-refractivity contribution < 1.29 is 27.4 Å². The summed E-state index contributed by atoms with van der Waals surface area (Å²) >= 11 is 0. The largest absolute Gasteiger partial charge is 0.497 e. The van der Waals surface area contributed by atoms with Crippen LogP contribution in [0.15, 0.2) is 72.8 Å². The fourth-order valence-electron chi connectivity index (χ4n) is 3.97. The molecule has 3 rings (SSSR count). The van der Waals surface area contributed by atoms with Crippen LogP contribution in [0.2, 0.25) is 18.1 Å². The van der Waals surface area contributed by atoms with Crippen LogP contribution >= 0.6 is 0 Å². The zero-order chi connectivity index (χ0) is 28.2. The molecule has 0 heterocycles. The third-order valence-electron chi connectivity index (χ3n) is 7.44. The van der Waals surface area contributed by atoms with E-state index in [-0.39, 0.29) is 23.2 Å². The van der Waals surface area contributed by atoms with Gasteiger partial charge in [0.25, 0.3) is 0 Å². The second-order valence-electron chi connectivity index (χ2n) is 11.1. The van der Waals surface area contributed by atoms with Crippen LogP contribution < -0.4 is 9.47 Å². The first-order chi connectivity index (χ1) is 17.7. The molecular weight excluding hydrogens is 516 g/mol. The van der Waals surface area contributed by atoms with Gasteiger partial charge in [0.05, 0.1) is 25.7 Å². The molecular formula is C30H40O6SSi. The third-order valence-corrected chi connectivity index (χ3v) is 13.5. The minimum atomic E-state index is -3.36. The van der Waals surface area contributed by atoms with Gasteiger partial charge in [0.15, 0.2) is 18.2 Å². The van der Waals surface area contributed by atoms with E-state index in [1.54, 1.807) is 62.8 Å². The number of benzene rings is 3. The van der Waals surface area contributed by atoms with Crippen molar-refractivity contribution in [2.75, 3.05) is 26.6 Å². The van der Waals surface area contributed by atoms with Crippen LogP contribution in [-0.2, 0) is 25.6 Å². The number of rotatable bonds is 11. The second-order valence-corrected chi connectivity index (χ2v) is 18.1. The van der Waals surface area contributed by atoms with E-state index in [4.69, 9.17) is 13.9 Å². The maximum absolute atomic E-state index is 12.8. The van der Waals surface area contributed by atoms with Crippen molar-refractivity contribution in [2.45, 2.75) is 50.3 Å². The van der Waals surface area contributed by atoms with Crippen LogP contribution in [0, 0.1) is 0 Å². The summed E-state index contributed by atoms with van der Waals surface area (Å²) in [5.74, 6) is 1.26. The third kappa shape index (κ3) is 6.85. The molecule has 0 bridgehead atoms. The average molecular weight is 557 g/mol. The summed E-state index contributed by atoms with van der Waals surface area (Å²) < 4.78 is 42.3. The monoisotopic (exact) mass is 556 g/mol. The Morgan fingerprint density at radius 1 is 0.737 bits per heavy atom. The van der Waals surface area contributed by atoms with Crippen molar-refractivity contribution in [3.8, 4) is 11.5 Å². The van der Waals surface area contributed by atoms with E-state index < -0.39 is 23.8 Å². The summed E-state index contributed by atoms with van der Waals surface area (Å²) in [4.78, 5) is 0. The van der Waals surface area contributed by atoms with Crippen LogP contribution in [0.4, 0.5) is 0 Å². The van der Waals surface area contributed by atoms with Crippen LogP contribution in [0.25, 0.3) is 0 Å². The second kappa shape index (κ2) is 11.6. The van der Waals surface area contributed by atoms with Crippen molar-refractivity contribution >= 4 is 18.2 Å². The molecule has 0 aliphatic carbocycles. The lowest BCUT2D eigenvalue weighted by Crippen LogP contribution is -2.41. The summed E-state index contributed by atoms with van der Waals surface area (Å²) in [5, 5.41) is 12.1. The highest BCUT2D eigenvalue weighted by atomic mass is 32.2. The molecule has 0 amide bonds. The fraction of sp³-hybridized carbons (Fsp3) is 0.400. The minimum Gasteiger partial charge on any atom is -0.497 e. The average Bonchev–Trinajstić information content (AvgIpc) is 2.87. The maximum atomic E-state index is 12.8. The van der Waals surface area contributed by atoms with Gasteiger partial charge in [-0.3, -0.25) is 0 Å². The lowest BCUT2D eigenvalue weighted by atomic mass is 9.80. The first-order valence-electron chi connectivity index (χ1n) is 12.7. The van der Waals surface area contributed by atoms with E-state index in [1.807, 2.05) is 24.3 Å². The topological polar surface area (TPSA) is 82.1 Å². The molecule has 206 valence electrons. The van der Waals surface area contributed by atoms with Crippen molar-refractivity contribution in [3.63, 3.8) is 0 Å². The predicted octanol–water partition coefficient (Wildman–Crippen LogP) is 5.92. The number of hydrogen-bond acceptors (Lipinski definition) is 6. The molecule has 0 aliphatic heterocycles. The molecule has 6 nitrogen and oxygen atoms in total. The predicted molar refractivity (Wildman–Crippen MR) is 155 cm³/mol. The molecule has 0 unspecified atom stereocenters. The molecule has 0 aromatic heterocycles. The number of methoxy groups -OCH3 is 2. The Kier molecular flexibility index (Phi) is 9.14. The van der Waals surface area contributed by atoms with Crippen LogP contribution in [-0.4, -0.2) is 48.4 Å². The van der Waals surface area contributed by atoms with Gasteiger partial charge in [0.2, 0.25) is 0 Å². The Morgan fingerprint density at radius 3 is 1.50 bits per heavy atom. The molecule has 0 saturated heterocycles. The van der Waals surface area contributed by atoms with Crippen molar-refractivity contribution in [1.29, 1.82) is 0 Å². The van der Waals surface area contributed by atoms with Gasteiger partial charge in [-0.05, 0) is 64.7 Å². The normalized spacial score (nSPS) is 12.8. The lowest BCUT2D eigenvalue weighted by Gasteiger charge is -2.36. The summed E-state index contributed by atoms with van der Waals surface area (Å²) in [6.45, 7) is 10.8. The van der Waals surface area contributed by atoms with E-state index in [2.05, 4.69) is 33.9 Å². The summed E-state index contributed by atoms with van der Waals surface area (Å²) in [6, 6.07) is 21.6. The van der Waals surface area contributed by atoms with Gasteiger partial charge >= 0.3 is 0 Å². The van der Waals surface area contributed by atoms with E-state index in [0.29, 0.717) is 33.8 Å². The van der Waals surface area contributed by atoms with Gasteiger partial charge in [0, 0.05) is 6.61 Å². The molecule has 0 aliphatic rings. The zero-order valence-electron chi connectivity index (χ0n) is 23.4. The minimum absolute atomic E-state index is 0.0249. The molecule has 3 aromatic carbocycles. The van der Waals surface area contributed by atoms with E-state index in [9.17, 15) is 13.5 Å². The molecule has 0 radical (unpaired) electrons. The van der Waals surface area contributed by atoms with E-state index in [1.165, 1.54) is 0 Å². The molecule has 0 saturated carbocycles. The van der Waals surface area contributed by atoms with Crippen LogP contribution in [0.5, 0.6) is 11.5 Å². The Balaban J connectivity index is 1.85. The molecule has 0 atom stereocenters. The van der Waals surface area contributed by atoms with Crippen molar-refractivity contribution in [3.05, 3.63) is 95.1 Å². The Hall–Kier alpha value is -2.65. The fourth-order valence-corrected chi connectivity index (χ4v) is 6.35. The molecule has 0 spiro atoms. The highest BCUT2D eigenvalue weighted by Crippen LogP contribution is 2.38. The quantitative estimate of drug-likeness (QED) is 0.233. The summed E-state index contributed by atoms with van der Waals surface area (Å²) in [6.07, 6.45) is 0. The number of sulfone groups is 1. The van der Waals surface area contributed by atoms with Gasteiger partial charge in [0.1, 0.15) is 17.1 Å². The number of aliphatic hydroxyl groups is 1. The van der Waals surface area contributed by atoms with Crippen molar-refractivity contribution in [2.24, 2.45) is 0 Å². The van der Waals surface area contributed by atoms with E-state index in [0.717, 1.165) is 0 Å². The molecule has 1 N–H and O–H groups in total. The van der Waals surface area contributed by atoms with Crippen LogP contribution in [0.1, 0.15) is 43.0 Å². The van der Waals surface area contributed by atoms with E-state index >= 15 is 0 Å². The van der Waals surface area contributed by atoms with Crippen LogP contribution in [0.3, 0.4) is 0 Å². The summed E-state index contributed by atoms with van der Waals surface area (Å²) in [7, 11) is -2.19. The summed E-state index contributed by atoms with van der Waals surface area (Å²) in [5.41, 5.74) is 1.13. The van der Waals surface area contributed by atoms with Gasteiger partial charge in [-0.15, -0.1) is 0 Å². The molecule has 0 fully saturated rings. The Bertz CT molecular complexity index is 1250. The Labute approximate surface area is 228 Å². The first kappa shape index (κ1) is 29.9. The standard InChI is InChI=1S/C30H40O6SSi/c1-29(2,3)38(6,7)36-20-21-37(32,33)22-23-8-10-24(11-9-23)30(31,25-12-16-27(34-4)17-13-25)26-14-18-28(35-5)19-15-26/h8-19,31H,20-22H2,1-7H3. The highest BCUT2D eigenvalue weighted by Gasteiger charge is 2.37. The molecule has 8 heteroatoms. The van der Waals surface area contributed by atoms with Crippen molar-refractivity contribution in [1.82, 2.24) is 0 Å². The van der Waals surface area contributed by atoms with Gasteiger partial charge in [-0.25, -0.2) is 8.42 Å². The van der Waals surface area contributed by atoms with Gasteiger partial charge in [-0.2, -0.15) is 0 Å². The van der Waals surface area contributed by atoms with Gasteiger partial charge < -0.3 is 19.0 Å². The number of ether oxygens (including phenoxy) is 2. The smallest absolute Gasteiger partial charge is 0.192 e. The lowest BCUT2D eigenvalue weighted by molar-refractivity contribution is 0.125. The highest BCUT2D eigenvalue weighted by molar-refractivity contribution is 7.90.